The van der Waals surface area contributed by atoms with Crippen LogP contribution in [0.25, 0.3) is 10.6 Å². The number of nitrogens with one attached hydrogen (secondary N) is 2. The maximum Gasteiger partial charge on any atom is 0.322 e. The second-order valence-electron chi connectivity index (χ2n) is 4.38. The number of aromatic nitrogens is 2. The van der Waals surface area contributed by atoms with Gasteiger partial charge in [0.05, 0.1) is 17.5 Å². The lowest BCUT2D eigenvalue weighted by molar-refractivity contribution is -0.0410. The Morgan fingerprint density at radius 1 is 1.58 bits per heavy atom. The number of H-pyrrole nitrogens is 1. The second-order valence-corrected chi connectivity index (χ2v) is 5.34. The van der Waals surface area contributed by atoms with Gasteiger partial charge in [-0.25, -0.2) is 5.10 Å². The van der Waals surface area contributed by atoms with Crippen LogP contribution in [0.5, 0.6) is 0 Å². The van der Waals surface area contributed by atoms with Crippen molar-refractivity contribution in [2.45, 2.75) is 12.5 Å². The van der Waals surface area contributed by atoms with E-state index in [4.69, 9.17) is 10.5 Å². The number of hydrogen-bond acceptors (Lipinski definition) is 6. The highest BCUT2D eigenvalue weighted by molar-refractivity contribution is 7.12. The molecule has 1 saturated heterocycles. The van der Waals surface area contributed by atoms with Gasteiger partial charge in [0, 0.05) is 18.7 Å². The number of nitrogens with two attached hydrogens (primary N) is 1. The molecule has 4 N–H and O–H groups in total. The Kier molecular flexibility index (Phi) is 3.22. The van der Waals surface area contributed by atoms with E-state index in [0.717, 1.165) is 42.2 Å². The Morgan fingerprint density at radius 2 is 2.42 bits per heavy atom. The zero-order valence-corrected chi connectivity index (χ0v) is 11.0. The summed E-state index contributed by atoms with van der Waals surface area (Å²) < 4.78 is 5.34. The molecule has 3 rings (SSSR count). The van der Waals surface area contributed by atoms with Gasteiger partial charge in [0.2, 0.25) is 0 Å². The van der Waals surface area contributed by atoms with Crippen molar-refractivity contribution in [2.75, 3.05) is 24.2 Å². The van der Waals surface area contributed by atoms with Crippen molar-refractivity contribution in [2.24, 2.45) is 0 Å². The van der Waals surface area contributed by atoms with Crippen LogP contribution in [0.4, 0.5) is 11.4 Å². The third kappa shape index (κ3) is 2.61. The van der Waals surface area contributed by atoms with Gasteiger partial charge < -0.3 is 15.8 Å². The fourth-order valence-corrected chi connectivity index (χ4v) is 2.48. The van der Waals surface area contributed by atoms with Crippen molar-refractivity contribution in [3.63, 3.8) is 0 Å². The summed E-state index contributed by atoms with van der Waals surface area (Å²) in [5, 5.41) is 10.2. The molecule has 1 aromatic carbocycles. The van der Waals surface area contributed by atoms with E-state index >= 15 is 0 Å². The number of benzene rings is 1. The van der Waals surface area contributed by atoms with Gasteiger partial charge in [-0.1, -0.05) is 11.3 Å². The summed E-state index contributed by atoms with van der Waals surface area (Å²) in [6.45, 7) is 1.61. The molecule has 100 valence electrons. The maximum absolute atomic E-state index is 11.1. The van der Waals surface area contributed by atoms with Crippen LogP contribution >= 0.6 is 11.3 Å². The summed E-state index contributed by atoms with van der Waals surface area (Å²) in [4.78, 5) is 10.9. The van der Waals surface area contributed by atoms with Gasteiger partial charge in [-0.2, -0.15) is 5.10 Å². The SMILES string of the molecule is Nc1cc(-c2n[nH]c(=O)s2)ccc1NC[C@@H]1CCO1. The van der Waals surface area contributed by atoms with E-state index in [9.17, 15) is 4.79 Å². The predicted octanol–water partition coefficient (Wildman–Crippen LogP) is 1.28. The first kappa shape index (κ1) is 12.2. The standard InChI is InChI=1S/C12H14N4O2S/c13-9-5-7(11-15-16-12(17)19-11)1-2-10(9)14-6-8-3-4-18-8/h1-2,5,8,14H,3-4,6,13H2,(H,16,17)/t8-/m0/s1. The summed E-state index contributed by atoms with van der Waals surface area (Å²) in [5.74, 6) is 0. The van der Waals surface area contributed by atoms with Crippen molar-refractivity contribution in [1.82, 2.24) is 10.2 Å². The molecule has 1 aliphatic rings. The summed E-state index contributed by atoms with van der Waals surface area (Å²) in [6, 6.07) is 5.61. The van der Waals surface area contributed by atoms with Gasteiger partial charge in [-0.3, -0.25) is 4.79 Å². The van der Waals surface area contributed by atoms with Crippen LogP contribution in [-0.2, 0) is 4.74 Å². The fourth-order valence-electron chi connectivity index (χ4n) is 1.88. The molecule has 0 amide bonds. The lowest BCUT2D eigenvalue weighted by Gasteiger charge is -2.27. The molecule has 0 radical (unpaired) electrons. The van der Waals surface area contributed by atoms with Crippen molar-refractivity contribution in [3.05, 3.63) is 27.9 Å². The molecule has 1 atom stereocenters. The lowest BCUT2D eigenvalue weighted by atomic mass is 10.1. The van der Waals surface area contributed by atoms with Gasteiger partial charge in [0.1, 0.15) is 5.01 Å². The minimum absolute atomic E-state index is 0.169. The zero-order chi connectivity index (χ0) is 13.2. The summed E-state index contributed by atoms with van der Waals surface area (Å²) in [6.07, 6.45) is 1.38. The summed E-state index contributed by atoms with van der Waals surface area (Å²) in [5.41, 5.74) is 8.35. The largest absolute Gasteiger partial charge is 0.397 e. The van der Waals surface area contributed by atoms with Crippen LogP contribution in [0.2, 0.25) is 0 Å². The van der Waals surface area contributed by atoms with E-state index in [1.807, 2.05) is 18.2 Å². The molecule has 1 fully saturated rings. The number of hydrogen-bond donors (Lipinski definition) is 3. The number of aromatic amines is 1. The predicted molar refractivity (Wildman–Crippen MR) is 75.4 cm³/mol. The molecule has 0 aliphatic carbocycles. The van der Waals surface area contributed by atoms with Crippen molar-refractivity contribution in [3.8, 4) is 10.6 Å². The Balaban J connectivity index is 1.75. The first-order valence-electron chi connectivity index (χ1n) is 6.03. The van der Waals surface area contributed by atoms with Crippen molar-refractivity contribution >= 4 is 22.7 Å². The molecule has 0 spiro atoms. The monoisotopic (exact) mass is 278 g/mol. The molecule has 0 unspecified atom stereocenters. The Morgan fingerprint density at radius 3 is 3.00 bits per heavy atom. The second kappa shape index (κ2) is 5.02. The highest BCUT2D eigenvalue weighted by Crippen LogP contribution is 2.27. The molecule has 1 aromatic heterocycles. The topological polar surface area (TPSA) is 93.0 Å². The van der Waals surface area contributed by atoms with Gasteiger partial charge in [0.25, 0.3) is 0 Å². The number of nitrogen functional groups attached to an aromatic ring is 1. The first-order valence-corrected chi connectivity index (χ1v) is 6.85. The number of anilines is 2. The van der Waals surface area contributed by atoms with Crippen LogP contribution < -0.4 is 15.9 Å². The maximum atomic E-state index is 11.1. The number of rotatable bonds is 4. The van der Waals surface area contributed by atoms with E-state index in [1.54, 1.807) is 0 Å². The van der Waals surface area contributed by atoms with Crippen molar-refractivity contribution in [1.29, 1.82) is 0 Å². The molecule has 1 aliphatic heterocycles. The number of ether oxygens (including phenoxy) is 1. The molecule has 6 nitrogen and oxygen atoms in total. The molecule has 0 bridgehead atoms. The van der Waals surface area contributed by atoms with E-state index < -0.39 is 0 Å². The highest BCUT2D eigenvalue weighted by Gasteiger charge is 2.17. The Hall–Kier alpha value is -1.86. The third-order valence-corrected chi connectivity index (χ3v) is 3.85. The Bertz CT molecular complexity index is 633. The molecule has 2 heterocycles. The average molecular weight is 278 g/mol. The smallest absolute Gasteiger partial charge is 0.322 e. The van der Waals surface area contributed by atoms with E-state index in [2.05, 4.69) is 15.5 Å². The van der Waals surface area contributed by atoms with E-state index in [-0.39, 0.29) is 11.0 Å². The molecule has 19 heavy (non-hydrogen) atoms. The number of nitrogens with zero attached hydrogens (tertiary/aromatic N) is 1. The molecule has 0 saturated carbocycles. The van der Waals surface area contributed by atoms with E-state index in [0.29, 0.717) is 10.7 Å². The summed E-state index contributed by atoms with van der Waals surface area (Å²) >= 11 is 1.07. The average Bonchev–Trinajstić information content (AvgIpc) is 2.76. The van der Waals surface area contributed by atoms with Crippen molar-refractivity contribution < 1.29 is 4.74 Å². The quantitative estimate of drug-likeness (QED) is 0.733. The fraction of sp³-hybridized carbons (Fsp3) is 0.333. The van der Waals surface area contributed by atoms with Crippen LogP contribution in [0, 0.1) is 0 Å². The third-order valence-electron chi connectivity index (χ3n) is 3.05. The zero-order valence-electron chi connectivity index (χ0n) is 10.2. The normalized spacial score (nSPS) is 18.0. The van der Waals surface area contributed by atoms with Gasteiger partial charge in [-0.15, -0.1) is 0 Å². The molecular formula is C12H14N4O2S. The Labute approximate surface area is 113 Å². The van der Waals surface area contributed by atoms with Crippen LogP contribution in [0.3, 0.4) is 0 Å². The highest BCUT2D eigenvalue weighted by atomic mass is 32.1. The van der Waals surface area contributed by atoms with E-state index in [1.165, 1.54) is 0 Å². The van der Waals surface area contributed by atoms with Crippen LogP contribution in [0.1, 0.15) is 6.42 Å². The van der Waals surface area contributed by atoms with Gasteiger partial charge in [-0.05, 0) is 24.6 Å². The van der Waals surface area contributed by atoms with Crippen LogP contribution in [0.15, 0.2) is 23.0 Å². The minimum atomic E-state index is -0.169. The summed E-state index contributed by atoms with van der Waals surface area (Å²) in [7, 11) is 0. The molecule has 2 aromatic rings. The van der Waals surface area contributed by atoms with Gasteiger partial charge >= 0.3 is 4.87 Å². The lowest BCUT2D eigenvalue weighted by Crippen LogP contribution is -2.33. The first-order chi connectivity index (χ1) is 9.22. The minimum Gasteiger partial charge on any atom is -0.397 e. The van der Waals surface area contributed by atoms with Crippen LogP contribution in [-0.4, -0.2) is 29.5 Å². The molecular weight excluding hydrogens is 264 g/mol. The van der Waals surface area contributed by atoms with Gasteiger partial charge in [0.15, 0.2) is 0 Å². The molecule has 7 heteroatoms.